The van der Waals surface area contributed by atoms with Gasteiger partial charge in [0.2, 0.25) is 0 Å². The number of rotatable bonds is 6. The number of nitrogens with zero attached hydrogens (tertiary/aromatic N) is 1. The number of phenols is 1. The van der Waals surface area contributed by atoms with Gasteiger partial charge in [0, 0.05) is 6.07 Å². The van der Waals surface area contributed by atoms with E-state index >= 15 is 0 Å². The van der Waals surface area contributed by atoms with E-state index in [9.17, 15) is 38.6 Å². The summed E-state index contributed by atoms with van der Waals surface area (Å²) in [6.45, 7) is 0. The monoisotopic (exact) mass is 446 g/mol. The highest BCUT2D eigenvalue weighted by atomic mass is 32.1. The van der Waals surface area contributed by atoms with Crippen LogP contribution in [0.3, 0.4) is 0 Å². The smallest absolute Gasteiger partial charge is 0.343 e. The van der Waals surface area contributed by atoms with Gasteiger partial charge in [-0.05, 0) is 17.7 Å². The molecule has 1 unspecified atom stereocenters. The average Bonchev–Trinajstić information content (AvgIpc) is 2.88. The van der Waals surface area contributed by atoms with Crippen molar-refractivity contribution < 1.29 is 33.8 Å². The van der Waals surface area contributed by atoms with Gasteiger partial charge in [-0.2, -0.15) is 0 Å². The first-order valence-corrected chi connectivity index (χ1v) is 11.9. The van der Waals surface area contributed by atoms with Gasteiger partial charge in [0.15, 0.2) is 5.40 Å². The zero-order chi connectivity index (χ0) is 20.7. The summed E-state index contributed by atoms with van der Waals surface area (Å²) in [7, 11) is -10.6. The molecular weight excluding hydrogens is 430 g/mol. The Morgan fingerprint density at radius 1 is 0.964 bits per heavy atom. The fraction of sp³-hybridized carbons (Fsp3) is 0.133. The predicted octanol–water partition coefficient (Wildman–Crippen LogP) is 1.73. The minimum Gasteiger partial charge on any atom is -0.508 e. The highest BCUT2D eigenvalue weighted by Gasteiger charge is 2.50. The molecule has 0 fully saturated rings. The molecule has 10 nitrogen and oxygen atoms in total. The Morgan fingerprint density at radius 3 is 2.14 bits per heavy atom. The molecule has 13 heteroatoms. The van der Waals surface area contributed by atoms with Gasteiger partial charge in [0.1, 0.15) is 5.75 Å². The van der Waals surface area contributed by atoms with Crippen LogP contribution in [0.2, 0.25) is 0 Å². The normalized spacial score (nSPS) is 13.8. The van der Waals surface area contributed by atoms with Gasteiger partial charge >= 0.3 is 20.1 Å². The van der Waals surface area contributed by atoms with Crippen LogP contribution < -0.4 is 10.3 Å². The van der Waals surface area contributed by atoms with Gasteiger partial charge in [-0.15, -0.1) is 0 Å². The van der Waals surface area contributed by atoms with Crippen LogP contribution >= 0.6 is 26.5 Å². The quantitative estimate of drug-likeness (QED) is 0.309. The highest BCUT2D eigenvalue weighted by Crippen LogP contribution is 2.64. The molecule has 0 radical (unpaired) electrons. The average molecular weight is 446 g/mol. The van der Waals surface area contributed by atoms with Crippen LogP contribution in [0.4, 0.5) is 0 Å². The Balaban J connectivity index is 2.21. The molecule has 0 aliphatic rings. The molecule has 0 saturated carbocycles. The maximum Gasteiger partial charge on any atom is 0.343 e. The van der Waals surface area contributed by atoms with Crippen molar-refractivity contribution in [2.75, 3.05) is 5.43 Å². The summed E-state index contributed by atoms with van der Waals surface area (Å²) in [4.78, 5) is 50.4. The molecule has 1 atom stereocenters. The molecule has 6 N–H and O–H groups in total. The molecule has 0 bridgehead atoms. The number of fused-ring (bicyclic) bond motifs is 1. The summed E-state index contributed by atoms with van der Waals surface area (Å²) in [5, 5.41) is 7.27. The van der Waals surface area contributed by atoms with Crippen molar-refractivity contribution in [2.24, 2.45) is 0 Å². The summed E-state index contributed by atoms with van der Waals surface area (Å²) in [6.07, 6.45) is 0. The molecule has 1 aromatic heterocycles. The molecule has 0 saturated heterocycles. The largest absolute Gasteiger partial charge is 0.508 e. The van der Waals surface area contributed by atoms with Crippen molar-refractivity contribution >= 4 is 36.7 Å². The van der Waals surface area contributed by atoms with Crippen molar-refractivity contribution in [1.82, 2.24) is 4.68 Å². The number of nitrogens with one attached hydrogen (secondary N) is 1. The summed E-state index contributed by atoms with van der Waals surface area (Å²) in [5.41, 5.74) is 2.90. The number of aromatic nitrogens is 1. The molecule has 150 valence electrons. The standard InChI is InChI=1S/C15H16N2O8P2S/c18-10-6-7-12-11(8-10)17(15(19)28-12)16-13(9-4-2-1-3-5-9)14(26(20,21)22)27(23,24)25/h1-8,13-14,16,18H,(H2,20,21,22)(H2,23,24,25). The topological polar surface area (TPSA) is 169 Å². The molecule has 0 aliphatic carbocycles. The number of benzene rings is 2. The van der Waals surface area contributed by atoms with Gasteiger partial charge in [-0.25, -0.2) is 4.68 Å². The molecule has 0 aliphatic heterocycles. The van der Waals surface area contributed by atoms with Crippen molar-refractivity contribution in [2.45, 2.75) is 11.4 Å². The lowest BCUT2D eigenvalue weighted by atomic mass is 10.1. The van der Waals surface area contributed by atoms with E-state index in [0.29, 0.717) is 4.70 Å². The molecule has 1 heterocycles. The van der Waals surface area contributed by atoms with Gasteiger partial charge in [-0.1, -0.05) is 41.7 Å². The molecular formula is C15H16N2O8P2S. The molecule has 0 amide bonds. The van der Waals surface area contributed by atoms with Gasteiger partial charge < -0.3 is 30.1 Å². The van der Waals surface area contributed by atoms with E-state index in [2.05, 4.69) is 5.43 Å². The maximum atomic E-state index is 12.4. The zero-order valence-corrected chi connectivity index (χ0v) is 16.6. The van der Waals surface area contributed by atoms with Crippen LogP contribution in [0.1, 0.15) is 11.6 Å². The number of thiazole rings is 1. The Hall–Kier alpha value is -1.97. The summed E-state index contributed by atoms with van der Waals surface area (Å²) < 4.78 is 25.3. The van der Waals surface area contributed by atoms with Crippen LogP contribution in [-0.2, 0) is 9.13 Å². The Kier molecular flexibility index (Phi) is 5.53. The molecule has 28 heavy (non-hydrogen) atoms. The van der Waals surface area contributed by atoms with Gasteiger partial charge in [-0.3, -0.25) is 13.9 Å². The summed E-state index contributed by atoms with van der Waals surface area (Å²) in [6, 6.07) is 10.0. The second-order valence-corrected chi connectivity index (χ2v) is 10.8. The fourth-order valence-corrected chi connectivity index (χ4v) is 6.47. The number of hydrogen-bond acceptors (Lipinski definition) is 6. The predicted molar refractivity (Wildman–Crippen MR) is 104 cm³/mol. The Bertz CT molecular complexity index is 1130. The van der Waals surface area contributed by atoms with E-state index < -0.39 is 31.5 Å². The lowest BCUT2D eigenvalue weighted by molar-refractivity contribution is 0.330. The zero-order valence-electron chi connectivity index (χ0n) is 14.0. The van der Waals surface area contributed by atoms with Crippen molar-refractivity contribution in [3.63, 3.8) is 0 Å². The van der Waals surface area contributed by atoms with Crippen LogP contribution in [0.25, 0.3) is 10.2 Å². The second-order valence-electron chi connectivity index (χ2n) is 5.96. The molecule has 0 spiro atoms. The Labute approximate surface area is 162 Å². The van der Waals surface area contributed by atoms with Crippen LogP contribution in [0.5, 0.6) is 5.75 Å². The number of aromatic hydroxyl groups is 1. The van der Waals surface area contributed by atoms with Crippen molar-refractivity contribution in [3.05, 3.63) is 63.8 Å². The van der Waals surface area contributed by atoms with Crippen LogP contribution in [-0.4, -0.2) is 34.8 Å². The first kappa shape index (κ1) is 20.8. The first-order valence-electron chi connectivity index (χ1n) is 7.75. The van der Waals surface area contributed by atoms with E-state index in [1.807, 2.05) is 0 Å². The summed E-state index contributed by atoms with van der Waals surface area (Å²) in [5.74, 6) is -0.154. The fourth-order valence-electron chi connectivity index (χ4n) is 2.82. The SMILES string of the molecule is O=c1sc2ccc(O)cc2n1NC(c1ccccc1)C(P(=O)(O)O)P(=O)(O)O. The molecule has 3 aromatic rings. The minimum absolute atomic E-state index is 0.154. The third-order valence-corrected chi connectivity index (χ3v) is 8.68. The highest BCUT2D eigenvalue weighted by molar-refractivity contribution is 7.71. The van der Waals surface area contributed by atoms with E-state index in [0.717, 1.165) is 16.0 Å². The van der Waals surface area contributed by atoms with E-state index in [1.54, 1.807) is 6.07 Å². The summed E-state index contributed by atoms with van der Waals surface area (Å²) >= 11 is 0.797. The number of hydrogen-bond donors (Lipinski definition) is 6. The minimum atomic E-state index is -5.31. The van der Waals surface area contributed by atoms with Crippen LogP contribution in [0.15, 0.2) is 53.3 Å². The third kappa shape index (κ3) is 4.21. The van der Waals surface area contributed by atoms with E-state index in [-0.39, 0.29) is 16.8 Å². The lowest BCUT2D eigenvalue weighted by Gasteiger charge is -2.30. The van der Waals surface area contributed by atoms with Gasteiger partial charge in [0.25, 0.3) is 0 Å². The first-order chi connectivity index (χ1) is 13.0. The van der Waals surface area contributed by atoms with Crippen molar-refractivity contribution in [1.29, 1.82) is 0 Å². The van der Waals surface area contributed by atoms with Gasteiger partial charge in [0.05, 0.1) is 16.3 Å². The van der Waals surface area contributed by atoms with E-state index in [4.69, 9.17) is 0 Å². The Morgan fingerprint density at radius 2 is 1.57 bits per heavy atom. The second kappa shape index (κ2) is 7.46. The van der Waals surface area contributed by atoms with Crippen molar-refractivity contribution in [3.8, 4) is 5.75 Å². The number of phenolic OH excluding ortho intramolecular Hbond substituents is 1. The van der Waals surface area contributed by atoms with Crippen LogP contribution in [0, 0.1) is 0 Å². The van der Waals surface area contributed by atoms with E-state index in [1.165, 1.54) is 42.5 Å². The molecule has 3 rings (SSSR count). The molecule has 2 aromatic carbocycles. The maximum absolute atomic E-state index is 12.4. The third-order valence-electron chi connectivity index (χ3n) is 3.98. The lowest BCUT2D eigenvalue weighted by Crippen LogP contribution is -2.35.